The maximum atomic E-state index is 13.6. The molecule has 4 rings (SSSR count). The molecule has 22 heteroatoms. The summed E-state index contributed by atoms with van der Waals surface area (Å²) in [6.45, 7) is 9.63. The summed E-state index contributed by atoms with van der Waals surface area (Å²) in [5, 5.41) is 46.3. The zero-order valence-corrected chi connectivity index (χ0v) is 35.6. The van der Waals surface area contributed by atoms with E-state index in [1.807, 2.05) is 0 Å². The number of aliphatic hydroxyl groups excluding tert-OH is 3. The molecule has 21 nitrogen and oxygen atoms in total. The van der Waals surface area contributed by atoms with Crippen LogP contribution in [0.2, 0.25) is 0 Å². The molecule has 61 heavy (non-hydrogen) atoms. The monoisotopic (exact) mass is 877 g/mol. The number of nitrogens with one attached hydrogen (secondary N) is 3. The molecule has 0 saturated carbocycles. The molecule has 3 heterocycles. The van der Waals surface area contributed by atoms with Gasteiger partial charge in [0.15, 0.2) is 0 Å². The van der Waals surface area contributed by atoms with E-state index < -0.39 is 112 Å². The fourth-order valence-corrected chi connectivity index (χ4v) is 6.94. The van der Waals surface area contributed by atoms with E-state index >= 15 is 0 Å². The predicted molar refractivity (Wildman–Crippen MR) is 214 cm³/mol. The van der Waals surface area contributed by atoms with Crippen LogP contribution in [0.25, 0.3) is 0 Å². The van der Waals surface area contributed by atoms with Gasteiger partial charge >= 0.3 is 5.97 Å². The zero-order chi connectivity index (χ0) is 45.4. The molecule has 1 aromatic heterocycles. The summed E-state index contributed by atoms with van der Waals surface area (Å²) >= 11 is 0. The Morgan fingerprint density at radius 1 is 0.984 bits per heavy atom. The minimum atomic E-state index is -4.23. The molecule has 0 spiro atoms. The lowest BCUT2D eigenvalue weighted by atomic mass is 9.93. The third kappa shape index (κ3) is 13.7. The van der Waals surface area contributed by atoms with Crippen LogP contribution in [0.15, 0.2) is 36.5 Å². The zero-order valence-electron chi connectivity index (χ0n) is 34.8. The second-order valence-electron chi connectivity index (χ2n) is 16.4. The number of anilines is 1. The van der Waals surface area contributed by atoms with Crippen molar-refractivity contribution in [3.63, 3.8) is 0 Å². The first-order valence-electron chi connectivity index (χ1n) is 19.7. The van der Waals surface area contributed by atoms with E-state index in [0.29, 0.717) is 16.8 Å². The van der Waals surface area contributed by atoms with Gasteiger partial charge in [0, 0.05) is 24.4 Å². The quantitative estimate of drug-likeness (QED) is 0.0541. The number of carbonyl (C=O) groups is 6. The van der Waals surface area contributed by atoms with Crippen LogP contribution < -0.4 is 16.0 Å². The Morgan fingerprint density at radius 3 is 2.28 bits per heavy atom. The number of esters is 1. The Morgan fingerprint density at radius 2 is 1.66 bits per heavy atom. The minimum absolute atomic E-state index is 0.00748. The Hall–Kier alpha value is -5.13. The second-order valence-corrected chi connectivity index (χ2v) is 18.0. The summed E-state index contributed by atoms with van der Waals surface area (Å²) < 4.78 is 43.6. The van der Waals surface area contributed by atoms with Crippen molar-refractivity contribution in [2.45, 2.75) is 123 Å². The number of nitrogens with zero attached hydrogens (tertiary/aromatic N) is 4. The van der Waals surface area contributed by atoms with Crippen LogP contribution in [-0.4, -0.2) is 133 Å². The van der Waals surface area contributed by atoms with E-state index in [9.17, 15) is 52.5 Å². The highest BCUT2D eigenvalue weighted by molar-refractivity contribution is 7.85. The number of aromatic nitrogens is 3. The molecule has 0 bridgehead atoms. The van der Waals surface area contributed by atoms with Crippen molar-refractivity contribution in [1.82, 2.24) is 30.5 Å². The highest BCUT2D eigenvalue weighted by Crippen LogP contribution is 2.27. The maximum Gasteiger partial charge on any atom is 0.311 e. The van der Waals surface area contributed by atoms with Gasteiger partial charge < -0.3 is 40.7 Å². The fraction of sp³-hybridized carbons (Fsp3) is 0.590. The van der Waals surface area contributed by atoms with Crippen LogP contribution in [0.1, 0.15) is 83.7 Å². The number of ether oxygens (including phenoxy) is 2. The maximum absolute atomic E-state index is 13.6. The lowest BCUT2D eigenvalue weighted by molar-refractivity contribution is -0.188. The predicted octanol–water partition coefficient (Wildman–Crippen LogP) is -0.300. The van der Waals surface area contributed by atoms with E-state index in [2.05, 4.69) is 26.3 Å². The van der Waals surface area contributed by atoms with Gasteiger partial charge in [-0.15, -0.1) is 5.10 Å². The van der Waals surface area contributed by atoms with Gasteiger partial charge in [0.25, 0.3) is 21.9 Å². The number of carbonyl (C=O) groups excluding carboxylic acids is 6. The van der Waals surface area contributed by atoms with Crippen LogP contribution in [0.3, 0.4) is 0 Å². The highest BCUT2D eigenvalue weighted by atomic mass is 32.2. The summed E-state index contributed by atoms with van der Waals surface area (Å²) in [4.78, 5) is 79.1. The van der Waals surface area contributed by atoms with Crippen molar-refractivity contribution in [3.05, 3.63) is 53.4 Å². The number of hydrogen-bond acceptors (Lipinski definition) is 15. The molecule has 7 atom stereocenters. The summed E-state index contributed by atoms with van der Waals surface area (Å²) in [7, 11) is -4.23. The van der Waals surface area contributed by atoms with Crippen molar-refractivity contribution >= 4 is 51.3 Å². The Balaban J connectivity index is 1.43. The number of rotatable bonds is 19. The number of aryl methyl sites for hydroxylation is 2. The number of hydrogen-bond donors (Lipinski definition) is 7. The van der Waals surface area contributed by atoms with Gasteiger partial charge in [-0.05, 0) is 76.1 Å². The average Bonchev–Trinajstić information content (AvgIpc) is 3.78. The van der Waals surface area contributed by atoms with Crippen molar-refractivity contribution in [2.75, 3.05) is 17.7 Å². The summed E-state index contributed by atoms with van der Waals surface area (Å²) in [6.07, 6.45) is -1.51. The van der Waals surface area contributed by atoms with Crippen molar-refractivity contribution in [2.24, 2.45) is 11.3 Å². The molecular weight excluding hydrogens is 823 g/mol. The van der Waals surface area contributed by atoms with Crippen molar-refractivity contribution in [3.8, 4) is 0 Å². The molecule has 2 aliphatic heterocycles. The van der Waals surface area contributed by atoms with Crippen LogP contribution >= 0.6 is 0 Å². The average molecular weight is 878 g/mol. The molecule has 2 aliphatic rings. The SMILES string of the molecule is CC(C)[C@H](NC(=O)C[C@H](c1cn(CCCS(=O)(=O)O)nn1)N1C(=O)C=CC1=O)C(=O)N[C@@H](C)C(=O)Nc1ccc(COC(=O)C(C)(C)C)c(CC[C@@H]2OC[C@@H](O)[C@H](O)[C@H]2O)c1. The number of amides is 5. The van der Waals surface area contributed by atoms with E-state index in [0.717, 1.165) is 17.1 Å². The second kappa shape index (κ2) is 20.6. The van der Waals surface area contributed by atoms with Crippen LogP contribution in [0.5, 0.6) is 0 Å². The number of aliphatic hydroxyl groups is 3. The summed E-state index contributed by atoms with van der Waals surface area (Å²) in [6, 6.07) is 1.31. The molecule has 2 aromatic rings. The molecular formula is C39H55N7O14S. The first-order chi connectivity index (χ1) is 28.4. The smallest absolute Gasteiger partial charge is 0.311 e. The Bertz CT molecular complexity index is 2060. The van der Waals surface area contributed by atoms with E-state index in [4.69, 9.17) is 14.0 Å². The topological polar surface area (TPSA) is 306 Å². The van der Waals surface area contributed by atoms with Crippen molar-refractivity contribution in [1.29, 1.82) is 0 Å². The molecule has 0 unspecified atom stereocenters. The Kier molecular flexibility index (Phi) is 16.4. The van der Waals surface area contributed by atoms with Crippen LogP contribution in [0.4, 0.5) is 5.69 Å². The molecule has 1 aromatic carbocycles. The van der Waals surface area contributed by atoms with Gasteiger partial charge in [-0.25, -0.2) is 0 Å². The van der Waals surface area contributed by atoms with Gasteiger partial charge in [0.05, 0.1) is 42.5 Å². The molecule has 0 aliphatic carbocycles. The number of imide groups is 1. The van der Waals surface area contributed by atoms with Gasteiger partial charge in [-0.3, -0.25) is 42.9 Å². The molecule has 7 N–H and O–H groups in total. The fourth-order valence-electron chi connectivity index (χ4n) is 6.45. The summed E-state index contributed by atoms with van der Waals surface area (Å²) in [5.74, 6) is -5.01. The molecule has 0 radical (unpaired) electrons. The largest absolute Gasteiger partial charge is 0.460 e. The van der Waals surface area contributed by atoms with E-state index in [-0.39, 0.29) is 44.7 Å². The first kappa shape index (κ1) is 48.5. The molecule has 336 valence electrons. The lowest BCUT2D eigenvalue weighted by Gasteiger charge is -2.35. The minimum Gasteiger partial charge on any atom is -0.460 e. The molecule has 1 saturated heterocycles. The highest BCUT2D eigenvalue weighted by Gasteiger charge is 2.38. The first-order valence-corrected chi connectivity index (χ1v) is 21.3. The third-order valence-corrected chi connectivity index (χ3v) is 10.8. The standard InChI is InChI=1S/C39H55N7O14S/c1-21(2)33(42-30(48)17-27(46-31(49)12-13-32(46)50)26-18-45(44-43-26)14-7-15-61(56,57)58)37(54)40-22(3)36(53)41-25-10-8-24(19-60-38(55)39(4,5)6)23(16-25)9-11-29-35(52)34(51)28(47)20-59-29/h8,10,12-13,16,18,21-22,27-29,33-35,47,51-52H,7,9,11,14-15,17,19-20H2,1-6H3,(H,40,54)(H,41,53)(H,42,48)(H,56,57,58)/t22-,27+,28+,29-,33-,34-,35-/m0/s1. The normalized spacial score (nSPS) is 20.9. The lowest BCUT2D eigenvalue weighted by Crippen LogP contribution is -2.54. The van der Waals surface area contributed by atoms with Gasteiger partial charge in [0.1, 0.15) is 42.7 Å². The van der Waals surface area contributed by atoms with Gasteiger partial charge in [-0.1, -0.05) is 25.1 Å². The van der Waals surface area contributed by atoms with Crippen LogP contribution in [-0.2, 0) is 67.9 Å². The Labute approximate surface area is 353 Å². The van der Waals surface area contributed by atoms with E-state index in [1.54, 1.807) is 52.8 Å². The van der Waals surface area contributed by atoms with Crippen LogP contribution in [0, 0.1) is 11.3 Å². The van der Waals surface area contributed by atoms with Gasteiger partial charge in [0.2, 0.25) is 17.7 Å². The molecule has 5 amide bonds. The van der Waals surface area contributed by atoms with Crippen molar-refractivity contribution < 1.29 is 66.5 Å². The number of benzene rings is 1. The summed E-state index contributed by atoms with van der Waals surface area (Å²) in [5.41, 5.74) is 0.823. The third-order valence-electron chi connectivity index (χ3n) is 9.99. The van der Waals surface area contributed by atoms with Gasteiger partial charge in [-0.2, -0.15) is 8.42 Å². The van der Waals surface area contributed by atoms with E-state index in [1.165, 1.54) is 17.8 Å². The molecule has 1 fully saturated rings.